The van der Waals surface area contributed by atoms with E-state index in [1.807, 2.05) is 0 Å². The third-order valence-electron chi connectivity index (χ3n) is 5.38. The summed E-state index contributed by atoms with van der Waals surface area (Å²) < 4.78 is 3.25. The van der Waals surface area contributed by atoms with Crippen molar-refractivity contribution in [1.29, 1.82) is 0 Å². The van der Waals surface area contributed by atoms with Gasteiger partial charge in [-0.05, 0) is 0 Å². The van der Waals surface area contributed by atoms with Gasteiger partial charge in [-0.1, -0.05) is 5.16 Å². The van der Waals surface area contributed by atoms with Gasteiger partial charge in [0.05, 0.1) is 24.3 Å². The number of fused-ring (bicyclic) bond motifs is 1. The molecule has 0 radical (unpaired) electrons. The van der Waals surface area contributed by atoms with E-state index < -0.39 is 29.2 Å². The number of oxime groups is 1. The van der Waals surface area contributed by atoms with E-state index in [9.17, 15) is 24.6 Å². The number of rotatable bonds is 9. The Kier molecular flexibility index (Phi) is 8.16. The molecule has 2 amide bonds. The van der Waals surface area contributed by atoms with Crippen molar-refractivity contribution >= 4 is 57.5 Å². The number of aromatic nitrogens is 3. The average Bonchev–Trinajstić information content (AvgIpc) is 3.41. The fourth-order valence-electron chi connectivity index (χ4n) is 3.86. The van der Waals surface area contributed by atoms with Crippen LogP contribution in [0.5, 0.6) is 0 Å². The maximum Gasteiger partial charge on any atom is 0.276 e. The van der Waals surface area contributed by atoms with Crippen LogP contribution in [0.15, 0.2) is 34.1 Å². The summed E-state index contributed by atoms with van der Waals surface area (Å²) in [6, 6.07) is 0.645. The molecule has 2 aromatic heterocycles. The van der Waals surface area contributed by atoms with Gasteiger partial charge in [0.1, 0.15) is 30.8 Å². The van der Waals surface area contributed by atoms with Crippen molar-refractivity contribution in [2.45, 2.75) is 24.5 Å². The highest BCUT2D eigenvalue weighted by atomic mass is 32.2. The highest BCUT2D eigenvalue weighted by molar-refractivity contribution is 8.00. The Morgan fingerprint density at radius 2 is 2.19 bits per heavy atom. The molecule has 0 bridgehead atoms. The molecule has 14 nitrogen and oxygen atoms in total. The van der Waals surface area contributed by atoms with Crippen LogP contribution in [0.2, 0.25) is 0 Å². The first kappa shape index (κ1) is 26.9. The lowest BCUT2D eigenvalue weighted by molar-refractivity contribution is -0.767. The van der Waals surface area contributed by atoms with Crippen LogP contribution in [-0.2, 0) is 32.3 Å². The molecule has 194 valence electrons. The van der Waals surface area contributed by atoms with Crippen LogP contribution in [-0.4, -0.2) is 74.1 Å². The van der Waals surface area contributed by atoms with E-state index in [1.165, 1.54) is 24.3 Å². The number of thioether (sulfide) groups is 1. The summed E-state index contributed by atoms with van der Waals surface area (Å²) in [5, 5.41) is 28.7. The summed E-state index contributed by atoms with van der Waals surface area (Å²) in [5.41, 5.74) is 11.8. The molecule has 17 heteroatoms. The van der Waals surface area contributed by atoms with Gasteiger partial charge in [0.25, 0.3) is 11.8 Å². The number of carboxylic acids is 1. The Morgan fingerprint density at radius 1 is 1.44 bits per heavy atom. The van der Waals surface area contributed by atoms with Crippen LogP contribution in [0.3, 0.4) is 0 Å². The Hall–Kier alpha value is -3.70. The predicted molar refractivity (Wildman–Crippen MR) is 126 cm³/mol. The lowest BCUT2D eigenvalue weighted by Crippen LogP contribution is -2.71. The predicted octanol–water partition coefficient (Wildman–Crippen LogP) is -3.00. The second-order valence-electron chi connectivity index (χ2n) is 7.48. The molecular weight excluding hydrogens is 519 g/mol. The molecule has 0 spiro atoms. The zero-order valence-electron chi connectivity index (χ0n) is 18.8. The molecule has 4 rings (SSSR count). The van der Waals surface area contributed by atoms with Gasteiger partial charge >= 0.3 is 0 Å². The number of nitrogens with two attached hydrogens (primary N) is 2. The fourth-order valence-corrected chi connectivity index (χ4v) is 5.74. The van der Waals surface area contributed by atoms with E-state index >= 15 is 0 Å². The van der Waals surface area contributed by atoms with Crippen molar-refractivity contribution < 1.29 is 38.8 Å². The fraction of sp³-hybridized carbons (Fsp3) is 0.368. The maximum atomic E-state index is 12.9. The van der Waals surface area contributed by atoms with Crippen molar-refractivity contribution in [2.75, 3.05) is 30.9 Å². The molecule has 36 heavy (non-hydrogen) atoms. The maximum absolute atomic E-state index is 12.9. The second-order valence-corrected chi connectivity index (χ2v) is 9.47. The van der Waals surface area contributed by atoms with E-state index in [0.717, 1.165) is 16.2 Å². The third-order valence-corrected chi connectivity index (χ3v) is 7.39. The molecule has 1 saturated heterocycles. The molecule has 4 heterocycles. The zero-order chi connectivity index (χ0) is 25.3. The number of amides is 2. The molecule has 0 unspecified atom stereocenters. The number of anilines is 2. The number of carbonyl (C=O) groups is 3. The first-order chi connectivity index (χ1) is 16.8. The number of aliphatic hydroxyl groups is 1. The number of nitrogen functional groups attached to an aromatic ring is 2. The molecule has 0 saturated carbocycles. The second kappa shape index (κ2) is 10.9. The molecular formula is C19H23FN8O6S2. The SMILES string of the molecule is CO/N=C(/C(=O)N[C@@H]1C(=O)N2C(C(=O)[O-])=C(C[n+]3ccc(N)n3CCO)CS[C@H]12)c1csc(N)n1.F. The number of nitrogens with one attached hydrogen (secondary N) is 1. The first-order valence-corrected chi connectivity index (χ1v) is 12.2. The number of hydrogen-bond acceptors (Lipinski definition) is 12. The minimum atomic E-state index is -1.50. The topological polar surface area (TPSA) is 205 Å². The quantitative estimate of drug-likeness (QED) is 0.109. The van der Waals surface area contributed by atoms with E-state index in [0.29, 0.717) is 11.4 Å². The lowest BCUT2D eigenvalue weighted by atomic mass is 10.0. The number of β-lactam (4-membered cyclic amide) rings is 1. The van der Waals surface area contributed by atoms with Crippen molar-refractivity contribution in [3.8, 4) is 0 Å². The molecule has 2 aliphatic heterocycles. The summed E-state index contributed by atoms with van der Waals surface area (Å²) in [5.74, 6) is -2.15. The number of aliphatic carboxylic acids is 1. The van der Waals surface area contributed by atoms with E-state index in [1.54, 1.807) is 21.6 Å². The van der Waals surface area contributed by atoms with Gasteiger partial charge in [-0.3, -0.25) is 19.2 Å². The van der Waals surface area contributed by atoms with Crippen LogP contribution >= 0.6 is 23.1 Å². The van der Waals surface area contributed by atoms with Crippen molar-refractivity contribution in [3.05, 3.63) is 34.6 Å². The Labute approximate surface area is 211 Å². The number of hydrogen-bond donors (Lipinski definition) is 4. The third kappa shape index (κ3) is 4.84. The van der Waals surface area contributed by atoms with E-state index in [-0.39, 0.29) is 52.4 Å². The van der Waals surface area contributed by atoms with Gasteiger partial charge in [-0.25, -0.2) is 4.98 Å². The van der Waals surface area contributed by atoms with Crippen molar-refractivity contribution in [3.63, 3.8) is 0 Å². The van der Waals surface area contributed by atoms with Crippen LogP contribution in [0, 0.1) is 0 Å². The van der Waals surface area contributed by atoms with E-state index in [2.05, 4.69) is 15.5 Å². The zero-order valence-corrected chi connectivity index (χ0v) is 20.5. The average molecular weight is 543 g/mol. The van der Waals surface area contributed by atoms with Crippen LogP contribution < -0.4 is 26.6 Å². The molecule has 6 N–H and O–H groups in total. The molecule has 2 aliphatic rings. The summed E-state index contributed by atoms with van der Waals surface area (Å²) in [6.45, 7) is 0.183. The summed E-state index contributed by atoms with van der Waals surface area (Å²) in [7, 11) is 1.26. The van der Waals surface area contributed by atoms with Crippen molar-refractivity contribution in [2.24, 2.45) is 5.16 Å². The normalized spacial score (nSPS) is 19.3. The number of carbonyl (C=O) groups excluding carboxylic acids is 3. The van der Waals surface area contributed by atoms with Crippen molar-refractivity contribution in [1.82, 2.24) is 19.9 Å². The first-order valence-electron chi connectivity index (χ1n) is 10.2. The summed E-state index contributed by atoms with van der Waals surface area (Å²) in [4.78, 5) is 47.6. The van der Waals surface area contributed by atoms with Gasteiger partial charge in [0.15, 0.2) is 29.4 Å². The molecule has 0 aromatic carbocycles. The smallest absolute Gasteiger partial charge is 0.276 e. The standard InChI is InChI=1S/C19H22N8O6S2.FH/c1-33-24-12(10-8-35-19(21)22-10)15(29)23-13-16(30)27-14(18(31)32)9(7-34-17(13)27)6-25-3-2-11(20)26(25)4-5-28;/h2-3,8,13,17,20,28H,4-7H2,1H3,(H4,21,22,23,29,31,32);1H/b24-12+;/t13-,17-;/m1./s1. The Bertz CT molecular complexity index is 1240. The van der Waals surface area contributed by atoms with Crippen LogP contribution in [0.25, 0.3) is 0 Å². The van der Waals surface area contributed by atoms with Gasteiger partial charge in [0.2, 0.25) is 0 Å². The summed E-state index contributed by atoms with van der Waals surface area (Å²) in [6.07, 6.45) is 1.66. The van der Waals surface area contributed by atoms with Crippen LogP contribution in [0.1, 0.15) is 5.69 Å². The number of thiazole rings is 1. The van der Waals surface area contributed by atoms with Gasteiger partial charge < -0.3 is 36.6 Å². The number of carboxylic acid groups (broad SMARTS) is 1. The minimum Gasteiger partial charge on any atom is -0.543 e. The highest BCUT2D eigenvalue weighted by Crippen LogP contribution is 2.40. The highest BCUT2D eigenvalue weighted by Gasteiger charge is 2.53. The molecule has 0 aliphatic carbocycles. The van der Waals surface area contributed by atoms with Crippen LogP contribution in [0.4, 0.5) is 15.7 Å². The van der Waals surface area contributed by atoms with Gasteiger partial charge in [-0.15, -0.1) is 32.5 Å². The Morgan fingerprint density at radius 3 is 2.81 bits per heavy atom. The minimum absolute atomic E-state index is 0. The van der Waals surface area contributed by atoms with Gasteiger partial charge in [0, 0.05) is 16.7 Å². The van der Waals surface area contributed by atoms with E-state index in [4.69, 9.17) is 16.3 Å². The summed E-state index contributed by atoms with van der Waals surface area (Å²) >= 11 is 2.41. The molecule has 1 fully saturated rings. The molecule has 2 atom stereocenters. The number of aliphatic hydroxyl groups excluding tert-OH is 1. The largest absolute Gasteiger partial charge is 0.543 e. The number of halogens is 1. The number of nitrogens with zero attached hydrogens (tertiary/aromatic N) is 5. The monoisotopic (exact) mass is 542 g/mol. The Balaban J connectivity index is 0.00000361. The lowest BCUT2D eigenvalue weighted by Gasteiger charge is -2.50. The molecule has 2 aromatic rings. The van der Waals surface area contributed by atoms with Gasteiger partial charge in [-0.2, -0.15) is 0 Å².